The molecule has 12 heteroatoms. The SMILES string of the molecule is CCCCCC/C=C\COC(=O)CCCCCCCN(Cc1cccc(CCCCC(=O)OC/C=C\CCCCCC)c1)C(=O)OC(C)(C)C.CCCCCC/C=C\COC(=O)CCCCCCCNCc1cccc(CCCCC(=O)OC/C=C\CCCCCC)c1. The van der Waals surface area contributed by atoms with E-state index in [0.29, 0.717) is 65.2 Å². The van der Waals surface area contributed by atoms with Gasteiger partial charge in [0.25, 0.3) is 0 Å². The van der Waals surface area contributed by atoms with Gasteiger partial charge in [-0.15, -0.1) is 0 Å². The normalized spacial score (nSPS) is 11.6. The lowest BCUT2D eigenvalue weighted by Crippen LogP contribution is -2.37. The lowest BCUT2D eigenvalue weighted by atomic mass is 10.0. The molecule has 1 N–H and O–H groups in total. The molecule has 0 radical (unpaired) electrons. The van der Waals surface area contributed by atoms with Crippen molar-refractivity contribution in [2.75, 3.05) is 39.5 Å². The third-order valence-electron chi connectivity index (χ3n) is 16.0. The Morgan fingerprint density at radius 1 is 0.387 bits per heavy atom. The van der Waals surface area contributed by atoms with E-state index in [1.807, 2.05) is 51.1 Å². The summed E-state index contributed by atoms with van der Waals surface area (Å²) in [6.07, 6.45) is 57.8. The fourth-order valence-electron chi connectivity index (χ4n) is 10.5. The zero-order valence-corrected chi connectivity index (χ0v) is 60.2. The first-order valence-corrected chi connectivity index (χ1v) is 37.4. The average Bonchev–Trinajstić information content (AvgIpc) is 2.33. The molecule has 0 bridgehead atoms. The van der Waals surface area contributed by atoms with Gasteiger partial charge in [-0.3, -0.25) is 19.2 Å². The van der Waals surface area contributed by atoms with Crippen molar-refractivity contribution >= 4 is 30.0 Å². The largest absolute Gasteiger partial charge is 0.461 e. The van der Waals surface area contributed by atoms with E-state index in [4.69, 9.17) is 23.7 Å². The molecule has 0 heterocycles. The molecule has 0 aromatic heterocycles. The highest BCUT2D eigenvalue weighted by atomic mass is 16.6. The van der Waals surface area contributed by atoms with Crippen molar-refractivity contribution in [1.82, 2.24) is 10.2 Å². The summed E-state index contributed by atoms with van der Waals surface area (Å²) in [5.74, 6) is -0.443. The summed E-state index contributed by atoms with van der Waals surface area (Å²) in [4.78, 5) is 62.9. The summed E-state index contributed by atoms with van der Waals surface area (Å²) in [5, 5.41) is 3.56. The number of carbonyl (C=O) groups is 5. The quantitative estimate of drug-likeness (QED) is 0.0292. The van der Waals surface area contributed by atoms with Crippen LogP contribution < -0.4 is 5.32 Å². The Labute approximate surface area is 568 Å². The lowest BCUT2D eigenvalue weighted by Gasteiger charge is -2.27. The van der Waals surface area contributed by atoms with Gasteiger partial charge in [-0.05, 0) is 165 Å². The number of nitrogens with one attached hydrogen (secondary N) is 1. The molecule has 93 heavy (non-hydrogen) atoms. The van der Waals surface area contributed by atoms with Crippen molar-refractivity contribution in [3.05, 3.63) is 119 Å². The number of allylic oxidation sites excluding steroid dienone is 4. The van der Waals surface area contributed by atoms with Crippen LogP contribution >= 0.6 is 0 Å². The highest BCUT2D eigenvalue weighted by Crippen LogP contribution is 2.19. The van der Waals surface area contributed by atoms with Crippen molar-refractivity contribution < 1.29 is 47.7 Å². The van der Waals surface area contributed by atoms with Gasteiger partial charge in [0.05, 0.1) is 0 Å². The number of ether oxygens (including phenoxy) is 5. The van der Waals surface area contributed by atoms with Crippen LogP contribution in [-0.4, -0.2) is 80.0 Å². The first kappa shape index (κ1) is 85.5. The molecule has 0 spiro atoms. The van der Waals surface area contributed by atoms with Crippen LogP contribution in [0.4, 0.5) is 4.79 Å². The van der Waals surface area contributed by atoms with Crippen molar-refractivity contribution in [3.63, 3.8) is 0 Å². The van der Waals surface area contributed by atoms with Crippen LogP contribution in [0.5, 0.6) is 0 Å². The Kier molecular flexibility index (Phi) is 57.6. The Morgan fingerprint density at radius 2 is 0.720 bits per heavy atom. The van der Waals surface area contributed by atoms with Gasteiger partial charge in [0.15, 0.2) is 0 Å². The second-order valence-electron chi connectivity index (χ2n) is 26.2. The molecular formula is C81H134N2O10. The van der Waals surface area contributed by atoms with Crippen molar-refractivity contribution in [2.24, 2.45) is 0 Å². The summed E-state index contributed by atoms with van der Waals surface area (Å²) in [6, 6.07) is 17.1. The van der Waals surface area contributed by atoms with Gasteiger partial charge in [-0.25, -0.2) is 4.79 Å². The molecule has 0 aliphatic carbocycles. The third-order valence-corrected chi connectivity index (χ3v) is 16.0. The first-order chi connectivity index (χ1) is 45.3. The molecule has 2 aromatic carbocycles. The summed E-state index contributed by atoms with van der Waals surface area (Å²) in [5.41, 5.74) is 4.34. The summed E-state index contributed by atoms with van der Waals surface area (Å²) < 4.78 is 27.0. The Bertz CT molecular complexity index is 2260. The molecule has 1 amide bonds. The van der Waals surface area contributed by atoms with Crippen LogP contribution in [0, 0.1) is 0 Å². The highest BCUT2D eigenvalue weighted by molar-refractivity contribution is 5.70. The number of hydrogen-bond acceptors (Lipinski definition) is 11. The minimum Gasteiger partial charge on any atom is -0.461 e. The molecule has 528 valence electrons. The zero-order chi connectivity index (χ0) is 67.8. The van der Waals surface area contributed by atoms with Crippen molar-refractivity contribution in [3.8, 4) is 0 Å². The number of hydrogen-bond donors (Lipinski definition) is 1. The molecule has 0 fully saturated rings. The van der Waals surface area contributed by atoms with Crippen molar-refractivity contribution in [1.29, 1.82) is 0 Å². The molecule has 0 atom stereocenters. The Morgan fingerprint density at radius 3 is 1.12 bits per heavy atom. The minimum absolute atomic E-state index is 0.0752. The topological polar surface area (TPSA) is 147 Å². The molecule has 2 rings (SSSR count). The van der Waals surface area contributed by atoms with Gasteiger partial charge in [-0.1, -0.05) is 240 Å². The maximum absolute atomic E-state index is 13.1. The number of nitrogens with zero attached hydrogens (tertiary/aromatic N) is 1. The number of aryl methyl sites for hydroxylation is 2. The van der Waals surface area contributed by atoms with E-state index in [9.17, 15) is 24.0 Å². The zero-order valence-electron chi connectivity index (χ0n) is 60.2. The maximum atomic E-state index is 13.1. The van der Waals surface area contributed by atoms with Gasteiger partial charge in [0.1, 0.15) is 32.0 Å². The van der Waals surface area contributed by atoms with E-state index in [1.165, 1.54) is 126 Å². The van der Waals surface area contributed by atoms with Gasteiger partial charge < -0.3 is 33.9 Å². The maximum Gasteiger partial charge on any atom is 0.410 e. The molecule has 0 unspecified atom stereocenters. The molecule has 0 saturated heterocycles. The molecular weight excluding hydrogens is 1160 g/mol. The standard InChI is InChI=1S/C43H71NO6.C38H63NO4/c1-6-8-10-12-14-19-25-34-48-40(45)31-21-17-16-18-24-33-44(42(47)50-43(3,4)5)37-39-30-27-29-38(36-39)28-22-23-32-41(46)49-35-26-20-15-13-11-9-7-2;1-3-5-7-9-11-16-22-31-42-37(40)28-18-14-13-15-21-30-39-34-36-27-24-26-35(33-36)25-19-20-29-38(41)43-32-23-17-12-10-8-6-4-2/h19-20,25-27,29-30,36H,6-18,21-24,28,31-35,37H2,1-5H3;16-17,22-24,26-27,33,39H,3-15,18-21,25,28-32,34H2,1-2H3/b25-19-,26-20-;22-16-,23-17-. The molecule has 0 aliphatic rings. The summed E-state index contributed by atoms with van der Waals surface area (Å²) in [6.45, 7) is 19.1. The Balaban J connectivity index is 0.000000941. The molecule has 0 aliphatic heterocycles. The third kappa shape index (κ3) is 57.7. The van der Waals surface area contributed by atoms with E-state index in [2.05, 4.69) is 99.8 Å². The van der Waals surface area contributed by atoms with Crippen LogP contribution in [0.25, 0.3) is 0 Å². The Hall–Kier alpha value is -5.49. The highest BCUT2D eigenvalue weighted by Gasteiger charge is 2.22. The number of benzene rings is 2. The average molecular weight is 1300 g/mol. The van der Waals surface area contributed by atoms with Crippen LogP contribution in [0.15, 0.2) is 97.1 Å². The summed E-state index contributed by atoms with van der Waals surface area (Å²) >= 11 is 0. The van der Waals surface area contributed by atoms with Crippen LogP contribution in [0.3, 0.4) is 0 Å². The second kappa shape index (κ2) is 62.6. The number of amides is 1. The van der Waals surface area contributed by atoms with Gasteiger partial charge in [0.2, 0.25) is 0 Å². The van der Waals surface area contributed by atoms with E-state index >= 15 is 0 Å². The smallest absolute Gasteiger partial charge is 0.410 e. The predicted octanol–water partition coefficient (Wildman–Crippen LogP) is 21.6. The van der Waals surface area contributed by atoms with E-state index in [1.54, 1.807) is 4.90 Å². The molecule has 12 nitrogen and oxygen atoms in total. The van der Waals surface area contributed by atoms with Gasteiger partial charge >= 0.3 is 30.0 Å². The predicted molar refractivity (Wildman–Crippen MR) is 387 cm³/mol. The number of carbonyl (C=O) groups excluding carboxylic acids is 5. The minimum atomic E-state index is -0.568. The van der Waals surface area contributed by atoms with Crippen LogP contribution in [0.2, 0.25) is 0 Å². The van der Waals surface area contributed by atoms with Crippen molar-refractivity contribution in [2.45, 2.75) is 324 Å². The lowest BCUT2D eigenvalue weighted by molar-refractivity contribution is -0.143. The second-order valence-corrected chi connectivity index (χ2v) is 26.2. The van der Waals surface area contributed by atoms with E-state index in [-0.39, 0.29) is 30.0 Å². The fraction of sp³-hybridized carbons (Fsp3) is 0.691. The van der Waals surface area contributed by atoms with Gasteiger partial charge in [-0.2, -0.15) is 0 Å². The van der Waals surface area contributed by atoms with E-state index < -0.39 is 5.60 Å². The number of unbranched alkanes of at least 4 members (excludes halogenated alkanes) is 26. The molecule has 0 saturated carbocycles. The molecule has 2 aromatic rings. The van der Waals surface area contributed by atoms with Gasteiger partial charge in [0, 0.05) is 45.3 Å². The number of rotatable bonds is 58. The number of esters is 4. The van der Waals surface area contributed by atoms with Crippen LogP contribution in [-0.2, 0) is 68.8 Å². The monoisotopic (exact) mass is 1300 g/mol. The van der Waals surface area contributed by atoms with E-state index in [0.717, 1.165) is 141 Å². The first-order valence-electron chi connectivity index (χ1n) is 37.4. The van der Waals surface area contributed by atoms with Crippen LogP contribution in [0.1, 0.15) is 315 Å². The summed E-state index contributed by atoms with van der Waals surface area (Å²) in [7, 11) is 0. The fourth-order valence-corrected chi connectivity index (χ4v) is 10.5.